The largest absolute Gasteiger partial charge is 0.496 e. The van der Waals surface area contributed by atoms with Crippen LogP contribution in [0.5, 0.6) is 5.75 Å². The molecule has 2 aromatic rings. The van der Waals surface area contributed by atoms with Crippen LogP contribution in [0, 0.1) is 26.6 Å². The molecule has 0 spiro atoms. The number of hydrogen-bond acceptors (Lipinski definition) is 2. The van der Waals surface area contributed by atoms with Gasteiger partial charge in [-0.1, -0.05) is 24.3 Å². The number of aryl methyl sites for hydroxylation is 2. The first kappa shape index (κ1) is 15.5. The first-order valence-corrected chi connectivity index (χ1v) is 7.07. The number of benzene rings is 2. The molecular weight excluding hydrogens is 265 g/mol. The van der Waals surface area contributed by atoms with Crippen molar-refractivity contribution in [1.29, 1.82) is 0 Å². The zero-order chi connectivity index (χ0) is 15.6. The highest BCUT2D eigenvalue weighted by atomic mass is 19.1. The second kappa shape index (κ2) is 6.27. The van der Waals surface area contributed by atoms with Crippen LogP contribution in [0.4, 0.5) is 4.39 Å². The number of hydrogen-bond donors (Lipinski definition) is 1. The number of methoxy groups -OCH3 is 1. The van der Waals surface area contributed by atoms with Gasteiger partial charge < -0.3 is 10.1 Å². The van der Waals surface area contributed by atoms with Crippen molar-refractivity contribution >= 4 is 0 Å². The minimum atomic E-state index is -0.180. The van der Waals surface area contributed by atoms with Crippen molar-refractivity contribution in [2.24, 2.45) is 0 Å². The summed E-state index contributed by atoms with van der Waals surface area (Å²) in [5.74, 6) is 0.706. The molecule has 2 nitrogen and oxygen atoms in total. The normalized spacial score (nSPS) is 12.3. The lowest BCUT2D eigenvalue weighted by molar-refractivity contribution is 0.402. The standard InChI is InChI=1S/C18H22FNO/c1-11-6-8-15(18(21-5)13(11)3)17(20-4)14-7-9-16(19)12(2)10-14/h6-10,17,20H,1-5H3. The number of halogens is 1. The maximum absolute atomic E-state index is 13.5. The van der Waals surface area contributed by atoms with Gasteiger partial charge in [-0.3, -0.25) is 0 Å². The third kappa shape index (κ3) is 2.93. The predicted octanol–water partition coefficient (Wildman–Crippen LogP) is 4.07. The first-order chi connectivity index (χ1) is 9.99. The molecule has 112 valence electrons. The molecule has 0 aliphatic heterocycles. The Morgan fingerprint density at radius 1 is 1.05 bits per heavy atom. The van der Waals surface area contributed by atoms with Gasteiger partial charge >= 0.3 is 0 Å². The van der Waals surface area contributed by atoms with Crippen molar-refractivity contribution in [3.05, 3.63) is 64.0 Å². The molecule has 21 heavy (non-hydrogen) atoms. The molecule has 0 radical (unpaired) electrons. The van der Waals surface area contributed by atoms with Gasteiger partial charge in [0.1, 0.15) is 11.6 Å². The van der Waals surface area contributed by atoms with Crippen LogP contribution in [0.15, 0.2) is 30.3 Å². The molecule has 0 aliphatic carbocycles. The maximum Gasteiger partial charge on any atom is 0.127 e. The smallest absolute Gasteiger partial charge is 0.127 e. The average Bonchev–Trinajstić information content (AvgIpc) is 2.47. The van der Waals surface area contributed by atoms with E-state index in [1.165, 1.54) is 11.6 Å². The summed E-state index contributed by atoms with van der Waals surface area (Å²) in [4.78, 5) is 0. The lowest BCUT2D eigenvalue weighted by atomic mass is 9.93. The summed E-state index contributed by atoms with van der Waals surface area (Å²) in [7, 11) is 3.59. The monoisotopic (exact) mass is 287 g/mol. The van der Waals surface area contributed by atoms with E-state index in [4.69, 9.17) is 4.74 Å². The van der Waals surface area contributed by atoms with Crippen LogP contribution in [-0.4, -0.2) is 14.2 Å². The van der Waals surface area contributed by atoms with Crippen LogP contribution in [0.1, 0.15) is 33.9 Å². The van der Waals surface area contributed by atoms with Crippen molar-refractivity contribution in [2.45, 2.75) is 26.8 Å². The molecule has 0 amide bonds. The number of rotatable bonds is 4. The van der Waals surface area contributed by atoms with Crippen LogP contribution < -0.4 is 10.1 Å². The summed E-state index contributed by atoms with van der Waals surface area (Å²) in [5.41, 5.74) is 5.07. The van der Waals surface area contributed by atoms with E-state index in [2.05, 4.69) is 31.3 Å². The Hall–Kier alpha value is -1.87. The highest BCUT2D eigenvalue weighted by Crippen LogP contribution is 2.34. The van der Waals surface area contributed by atoms with Crippen molar-refractivity contribution in [3.8, 4) is 5.75 Å². The van der Waals surface area contributed by atoms with E-state index >= 15 is 0 Å². The van der Waals surface area contributed by atoms with E-state index in [1.807, 2.05) is 19.2 Å². The molecular formula is C18H22FNO. The lowest BCUT2D eigenvalue weighted by Gasteiger charge is -2.22. The summed E-state index contributed by atoms with van der Waals surface area (Å²) in [6.07, 6.45) is 0. The van der Waals surface area contributed by atoms with Gasteiger partial charge in [0.2, 0.25) is 0 Å². The molecule has 0 fully saturated rings. The summed E-state index contributed by atoms with van der Waals surface area (Å²) in [6, 6.07) is 9.35. The fourth-order valence-corrected chi connectivity index (χ4v) is 2.66. The average molecular weight is 287 g/mol. The molecule has 1 atom stereocenters. The third-order valence-corrected chi connectivity index (χ3v) is 4.03. The van der Waals surface area contributed by atoms with Gasteiger partial charge in [0.25, 0.3) is 0 Å². The second-order valence-corrected chi connectivity index (χ2v) is 5.36. The maximum atomic E-state index is 13.5. The van der Waals surface area contributed by atoms with E-state index in [0.29, 0.717) is 5.56 Å². The second-order valence-electron chi connectivity index (χ2n) is 5.36. The third-order valence-electron chi connectivity index (χ3n) is 4.03. The van der Waals surface area contributed by atoms with Crippen molar-refractivity contribution in [3.63, 3.8) is 0 Å². The minimum absolute atomic E-state index is 0.0291. The molecule has 0 bridgehead atoms. The molecule has 0 aromatic heterocycles. The zero-order valence-corrected chi connectivity index (χ0v) is 13.3. The van der Waals surface area contributed by atoms with Gasteiger partial charge in [-0.2, -0.15) is 0 Å². The molecule has 0 aliphatic rings. The van der Waals surface area contributed by atoms with Gasteiger partial charge in [0.15, 0.2) is 0 Å². The van der Waals surface area contributed by atoms with E-state index in [1.54, 1.807) is 14.0 Å². The molecule has 1 N–H and O–H groups in total. The number of ether oxygens (including phenoxy) is 1. The lowest BCUT2D eigenvalue weighted by Crippen LogP contribution is -2.19. The van der Waals surface area contributed by atoms with Gasteiger partial charge in [-0.15, -0.1) is 0 Å². The Morgan fingerprint density at radius 2 is 1.76 bits per heavy atom. The predicted molar refractivity (Wildman–Crippen MR) is 84.5 cm³/mol. The number of nitrogens with one attached hydrogen (secondary N) is 1. The van der Waals surface area contributed by atoms with E-state index < -0.39 is 0 Å². The van der Waals surface area contributed by atoms with E-state index in [-0.39, 0.29) is 11.9 Å². The molecule has 0 saturated heterocycles. The molecule has 2 aromatic carbocycles. The zero-order valence-electron chi connectivity index (χ0n) is 13.3. The van der Waals surface area contributed by atoms with Gasteiger partial charge in [0, 0.05) is 5.56 Å². The quantitative estimate of drug-likeness (QED) is 0.915. The van der Waals surface area contributed by atoms with E-state index in [0.717, 1.165) is 22.4 Å². The van der Waals surface area contributed by atoms with Crippen molar-refractivity contribution < 1.29 is 9.13 Å². The fraction of sp³-hybridized carbons (Fsp3) is 0.333. The fourth-order valence-electron chi connectivity index (χ4n) is 2.66. The van der Waals surface area contributed by atoms with Crippen molar-refractivity contribution in [1.82, 2.24) is 5.32 Å². The van der Waals surface area contributed by atoms with Crippen LogP contribution in [0.2, 0.25) is 0 Å². The Bertz CT molecular complexity index is 652. The first-order valence-electron chi connectivity index (χ1n) is 7.07. The molecule has 0 heterocycles. The van der Waals surface area contributed by atoms with Crippen LogP contribution in [0.25, 0.3) is 0 Å². The summed E-state index contributed by atoms with van der Waals surface area (Å²) in [5, 5.41) is 3.30. The summed E-state index contributed by atoms with van der Waals surface area (Å²) >= 11 is 0. The van der Waals surface area contributed by atoms with Crippen LogP contribution >= 0.6 is 0 Å². The topological polar surface area (TPSA) is 21.3 Å². The molecule has 2 rings (SSSR count). The Morgan fingerprint density at radius 3 is 2.33 bits per heavy atom. The summed E-state index contributed by atoms with van der Waals surface area (Å²) < 4.78 is 19.1. The highest BCUT2D eigenvalue weighted by Gasteiger charge is 2.19. The Kier molecular flexibility index (Phi) is 4.63. The van der Waals surface area contributed by atoms with Crippen molar-refractivity contribution in [2.75, 3.05) is 14.2 Å². The summed E-state index contributed by atoms with van der Waals surface area (Å²) in [6.45, 7) is 5.90. The van der Waals surface area contributed by atoms with Crippen LogP contribution in [-0.2, 0) is 0 Å². The Labute approximate surface area is 126 Å². The SMILES string of the molecule is CNC(c1ccc(F)c(C)c1)c1ccc(C)c(C)c1OC. The highest BCUT2D eigenvalue weighted by molar-refractivity contribution is 5.49. The molecule has 0 saturated carbocycles. The van der Waals surface area contributed by atoms with Gasteiger partial charge in [-0.25, -0.2) is 4.39 Å². The van der Waals surface area contributed by atoms with Crippen LogP contribution in [0.3, 0.4) is 0 Å². The Balaban J connectivity index is 2.56. The van der Waals surface area contributed by atoms with E-state index in [9.17, 15) is 4.39 Å². The minimum Gasteiger partial charge on any atom is -0.496 e. The van der Waals surface area contributed by atoms with Gasteiger partial charge in [-0.05, 0) is 56.1 Å². The molecule has 3 heteroatoms. The van der Waals surface area contributed by atoms with Gasteiger partial charge in [0.05, 0.1) is 13.2 Å². The molecule has 1 unspecified atom stereocenters.